The number of benzene rings is 3. The molecule has 1 aliphatic carbocycles. The molecule has 3 aromatic carbocycles. The predicted molar refractivity (Wildman–Crippen MR) is 97.7 cm³/mol. The maximum Gasteiger partial charge on any atom is 0.101 e. The summed E-state index contributed by atoms with van der Waals surface area (Å²) in [5.41, 5.74) is 6.10. The second-order valence-corrected chi connectivity index (χ2v) is 5.68. The molecule has 0 aliphatic heterocycles. The van der Waals surface area contributed by atoms with Gasteiger partial charge in [-0.1, -0.05) is 91.0 Å². The van der Waals surface area contributed by atoms with Gasteiger partial charge < -0.3 is 0 Å². The Morgan fingerprint density at radius 3 is 1.74 bits per heavy atom. The van der Waals surface area contributed by atoms with Gasteiger partial charge >= 0.3 is 0 Å². The van der Waals surface area contributed by atoms with E-state index in [-0.39, 0.29) is 6.04 Å². The Labute approximate surface area is 136 Å². The highest BCUT2D eigenvalue weighted by atomic mass is 14.8. The predicted octanol–water partition coefficient (Wildman–Crippen LogP) is 5.38. The van der Waals surface area contributed by atoms with Crippen LogP contribution in [0.3, 0.4) is 0 Å². The average Bonchev–Trinajstić information content (AvgIpc) is 2.78. The van der Waals surface area contributed by atoms with Crippen LogP contribution in [0.5, 0.6) is 0 Å². The Bertz CT molecular complexity index is 826. The zero-order valence-electron chi connectivity index (χ0n) is 12.8. The first-order chi connectivity index (χ1) is 11.4. The van der Waals surface area contributed by atoms with Crippen molar-refractivity contribution in [3.05, 3.63) is 107 Å². The van der Waals surface area contributed by atoms with Crippen LogP contribution in [0.2, 0.25) is 0 Å². The third-order valence-corrected chi connectivity index (χ3v) is 4.20. The van der Waals surface area contributed by atoms with Crippen molar-refractivity contribution >= 4 is 18.4 Å². The van der Waals surface area contributed by atoms with E-state index < -0.39 is 0 Å². The van der Waals surface area contributed by atoms with Gasteiger partial charge in [-0.25, -0.2) is 0 Å². The third-order valence-electron chi connectivity index (χ3n) is 4.20. The smallest absolute Gasteiger partial charge is 0.101 e. The lowest BCUT2D eigenvalue weighted by Crippen LogP contribution is -2.01. The molecular weight excluding hydrogens is 278 g/mol. The maximum absolute atomic E-state index is 4.93. The first-order valence-corrected chi connectivity index (χ1v) is 7.86. The zero-order valence-corrected chi connectivity index (χ0v) is 12.8. The average molecular weight is 295 g/mol. The van der Waals surface area contributed by atoms with E-state index in [1.807, 2.05) is 24.4 Å². The first-order valence-electron chi connectivity index (χ1n) is 7.86. The molecule has 1 aliphatic rings. The molecule has 1 nitrogen and oxygen atoms in total. The summed E-state index contributed by atoms with van der Waals surface area (Å²) in [6.07, 6.45) is 6.35. The van der Waals surface area contributed by atoms with Crippen LogP contribution in [0, 0.1) is 0 Å². The summed E-state index contributed by atoms with van der Waals surface area (Å²) in [5, 5.41) is 0. The standard InChI is InChI=1S/C22H17N/c1-2-8-17(9-3-1)16-23-22-20-12-6-4-10-18(20)14-15-19-11-5-7-13-21(19)22/h1-16,22H. The lowest BCUT2D eigenvalue weighted by atomic mass is 9.94. The summed E-state index contributed by atoms with van der Waals surface area (Å²) in [4.78, 5) is 4.93. The van der Waals surface area contributed by atoms with Crippen LogP contribution in [0.25, 0.3) is 12.2 Å². The fourth-order valence-electron chi connectivity index (χ4n) is 3.03. The van der Waals surface area contributed by atoms with Gasteiger partial charge in [-0.3, -0.25) is 4.99 Å². The van der Waals surface area contributed by atoms with Gasteiger partial charge in [-0.15, -0.1) is 0 Å². The SMILES string of the molecule is C1=Cc2ccccc2C(N=Cc2ccccc2)c2ccccc21. The van der Waals surface area contributed by atoms with Crippen LogP contribution >= 0.6 is 0 Å². The van der Waals surface area contributed by atoms with Gasteiger partial charge in [0.2, 0.25) is 0 Å². The fraction of sp³-hybridized carbons (Fsp3) is 0.0455. The highest BCUT2D eigenvalue weighted by Crippen LogP contribution is 2.35. The molecule has 0 aromatic heterocycles. The minimum Gasteiger partial charge on any atom is -0.280 e. The lowest BCUT2D eigenvalue weighted by molar-refractivity contribution is 0.875. The fourth-order valence-corrected chi connectivity index (χ4v) is 3.03. The number of hydrogen-bond acceptors (Lipinski definition) is 1. The van der Waals surface area contributed by atoms with E-state index in [0.717, 1.165) is 5.56 Å². The summed E-state index contributed by atoms with van der Waals surface area (Å²) < 4.78 is 0. The van der Waals surface area contributed by atoms with Gasteiger partial charge in [0.25, 0.3) is 0 Å². The van der Waals surface area contributed by atoms with Crippen molar-refractivity contribution in [3.63, 3.8) is 0 Å². The Kier molecular flexibility index (Phi) is 3.61. The van der Waals surface area contributed by atoms with Crippen molar-refractivity contribution < 1.29 is 0 Å². The molecule has 0 N–H and O–H groups in total. The molecule has 0 heterocycles. The van der Waals surface area contributed by atoms with Gasteiger partial charge in [-0.2, -0.15) is 0 Å². The second-order valence-electron chi connectivity index (χ2n) is 5.68. The summed E-state index contributed by atoms with van der Waals surface area (Å²) in [6.45, 7) is 0. The van der Waals surface area contributed by atoms with E-state index in [9.17, 15) is 0 Å². The number of hydrogen-bond donors (Lipinski definition) is 0. The topological polar surface area (TPSA) is 12.4 Å². The molecule has 0 spiro atoms. The van der Waals surface area contributed by atoms with Crippen LogP contribution in [-0.4, -0.2) is 6.21 Å². The summed E-state index contributed by atoms with van der Waals surface area (Å²) in [6, 6.07) is 27.3. The number of aliphatic imine (C=N–C) groups is 1. The largest absolute Gasteiger partial charge is 0.280 e. The molecule has 0 radical (unpaired) electrons. The van der Waals surface area contributed by atoms with Crippen molar-refractivity contribution in [2.75, 3.05) is 0 Å². The molecule has 0 saturated carbocycles. The minimum atomic E-state index is 0.0256. The summed E-state index contributed by atoms with van der Waals surface area (Å²) >= 11 is 0. The monoisotopic (exact) mass is 295 g/mol. The number of nitrogens with zero attached hydrogens (tertiary/aromatic N) is 1. The van der Waals surface area contributed by atoms with E-state index in [2.05, 4.69) is 72.8 Å². The van der Waals surface area contributed by atoms with Gasteiger partial charge in [0, 0.05) is 6.21 Å². The molecule has 110 valence electrons. The Hall–Kier alpha value is -2.93. The van der Waals surface area contributed by atoms with E-state index >= 15 is 0 Å². The van der Waals surface area contributed by atoms with Gasteiger partial charge in [0.1, 0.15) is 6.04 Å². The normalized spacial score (nSPS) is 13.6. The Morgan fingerprint density at radius 2 is 1.13 bits per heavy atom. The summed E-state index contributed by atoms with van der Waals surface area (Å²) in [5.74, 6) is 0. The lowest BCUT2D eigenvalue weighted by Gasteiger charge is -2.16. The van der Waals surface area contributed by atoms with E-state index in [1.165, 1.54) is 22.3 Å². The Morgan fingerprint density at radius 1 is 0.609 bits per heavy atom. The van der Waals surface area contributed by atoms with Crippen molar-refractivity contribution in [1.29, 1.82) is 0 Å². The zero-order chi connectivity index (χ0) is 15.5. The van der Waals surface area contributed by atoms with E-state index in [0.29, 0.717) is 0 Å². The molecule has 0 unspecified atom stereocenters. The van der Waals surface area contributed by atoms with Crippen molar-refractivity contribution in [2.24, 2.45) is 4.99 Å². The van der Waals surface area contributed by atoms with Crippen molar-refractivity contribution in [1.82, 2.24) is 0 Å². The van der Waals surface area contributed by atoms with Gasteiger partial charge in [0.15, 0.2) is 0 Å². The van der Waals surface area contributed by atoms with Crippen molar-refractivity contribution in [2.45, 2.75) is 6.04 Å². The summed E-state index contributed by atoms with van der Waals surface area (Å²) in [7, 11) is 0. The molecule has 1 heteroatoms. The Balaban J connectivity index is 1.84. The molecule has 0 amide bonds. The molecule has 23 heavy (non-hydrogen) atoms. The number of rotatable bonds is 2. The van der Waals surface area contributed by atoms with Crippen LogP contribution in [-0.2, 0) is 0 Å². The van der Waals surface area contributed by atoms with E-state index in [4.69, 9.17) is 4.99 Å². The van der Waals surface area contributed by atoms with Crippen molar-refractivity contribution in [3.8, 4) is 0 Å². The minimum absolute atomic E-state index is 0.0256. The number of fused-ring (bicyclic) bond motifs is 2. The second kappa shape index (κ2) is 6.05. The van der Waals surface area contributed by atoms with Crippen LogP contribution < -0.4 is 0 Å². The van der Waals surface area contributed by atoms with Gasteiger partial charge in [0.05, 0.1) is 0 Å². The highest BCUT2D eigenvalue weighted by Gasteiger charge is 2.19. The van der Waals surface area contributed by atoms with Gasteiger partial charge in [-0.05, 0) is 27.8 Å². The molecule has 0 fully saturated rings. The molecule has 3 aromatic rings. The molecule has 4 rings (SSSR count). The van der Waals surface area contributed by atoms with Crippen LogP contribution in [0.4, 0.5) is 0 Å². The quantitative estimate of drug-likeness (QED) is 0.563. The highest BCUT2D eigenvalue weighted by molar-refractivity contribution is 5.81. The maximum atomic E-state index is 4.93. The first kappa shape index (κ1) is 13.7. The third kappa shape index (κ3) is 2.74. The molecule has 0 bridgehead atoms. The van der Waals surface area contributed by atoms with Crippen LogP contribution in [0.1, 0.15) is 33.9 Å². The van der Waals surface area contributed by atoms with Crippen LogP contribution in [0.15, 0.2) is 83.9 Å². The molecular formula is C22H17N. The van der Waals surface area contributed by atoms with E-state index in [1.54, 1.807) is 0 Å². The molecule has 0 atom stereocenters. The molecule has 0 saturated heterocycles.